The highest BCUT2D eigenvalue weighted by molar-refractivity contribution is 5.91. The first kappa shape index (κ1) is 22.1. The van der Waals surface area contributed by atoms with Crippen molar-refractivity contribution in [2.24, 2.45) is 5.73 Å². The maximum atomic E-state index is 11.2. The summed E-state index contributed by atoms with van der Waals surface area (Å²) in [6.07, 6.45) is -0.162. The number of primary amides is 1. The SMILES string of the molecule is C[C@H](Cc1ccc(OCc2nonc2C(N)=O)cc1)NC[C@H](O)c1cc(O)cc(O)c1. The Kier molecular flexibility index (Phi) is 7.06. The summed E-state index contributed by atoms with van der Waals surface area (Å²) in [5.74, 6) is -0.352. The average molecular weight is 428 g/mol. The van der Waals surface area contributed by atoms with E-state index in [9.17, 15) is 20.1 Å². The van der Waals surface area contributed by atoms with Crippen molar-refractivity contribution in [2.45, 2.75) is 32.1 Å². The van der Waals surface area contributed by atoms with Gasteiger partial charge in [0.15, 0.2) is 11.4 Å². The number of aliphatic hydroxyl groups excluding tert-OH is 1. The fourth-order valence-electron chi connectivity index (χ4n) is 3.03. The van der Waals surface area contributed by atoms with Crippen LogP contribution in [-0.2, 0) is 13.0 Å². The Labute approximate surface area is 178 Å². The molecule has 0 bridgehead atoms. The van der Waals surface area contributed by atoms with E-state index >= 15 is 0 Å². The van der Waals surface area contributed by atoms with E-state index < -0.39 is 12.0 Å². The molecule has 0 spiro atoms. The predicted molar refractivity (Wildman–Crippen MR) is 109 cm³/mol. The highest BCUT2D eigenvalue weighted by Crippen LogP contribution is 2.24. The first-order valence-electron chi connectivity index (χ1n) is 9.59. The first-order chi connectivity index (χ1) is 14.8. The number of benzene rings is 2. The van der Waals surface area contributed by atoms with E-state index in [1.54, 1.807) is 12.1 Å². The highest BCUT2D eigenvalue weighted by atomic mass is 16.6. The van der Waals surface area contributed by atoms with Gasteiger partial charge in [0.25, 0.3) is 5.91 Å². The zero-order valence-corrected chi connectivity index (χ0v) is 16.9. The number of ether oxygens (including phenoxy) is 1. The third-order valence-electron chi connectivity index (χ3n) is 4.60. The van der Waals surface area contributed by atoms with Gasteiger partial charge in [0.2, 0.25) is 0 Å². The number of nitrogens with two attached hydrogens (primary N) is 1. The number of carbonyl (C=O) groups excluding carboxylic acids is 1. The Balaban J connectivity index is 1.47. The molecule has 0 saturated heterocycles. The van der Waals surface area contributed by atoms with E-state index in [0.29, 0.717) is 17.7 Å². The minimum atomic E-state index is -0.868. The molecule has 0 aliphatic rings. The fraction of sp³-hybridized carbons (Fsp3) is 0.286. The second-order valence-corrected chi connectivity index (χ2v) is 7.17. The molecular formula is C21H24N4O6. The van der Waals surface area contributed by atoms with Crippen molar-refractivity contribution in [3.8, 4) is 17.2 Å². The summed E-state index contributed by atoms with van der Waals surface area (Å²) >= 11 is 0. The molecule has 164 valence electrons. The molecule has 10 heteroatoms. The van der Waals surface area contributed by atoms with Gasteiger partial charge in [-0.1, -0.05) is 17.3 Å². The van der Waals surface area contributed by atoms with Gasteiger partial charge in [-0.05, 0) is 53.9 Å². The third-order valence-corrected chi connectivity index (χ3v) is 4.60. The van der Waals surface area contributed by atoms with Crippen LogP contribution in [0.4, 0.5) is 0 Å². The van der Waals surface area contributed by atoms with Crippen molar-refractivity contribution < 1.29 is 29.5 Å². The van der Waals surface area contributed by atoms with Crippen LogP contribution in [0.2, 0.25) is 0 Å². The molecule has 0 fully saturated rings. The second-order valence-electron chi connectivity index (χ2n) is 7.17. The Morgan fingerprint density at radius 2 is 1.84 bits per heavy atom. The lowest BCUT2D eigenvalue weighted by molar-refractivity contribution is 0.0989. The van der Waals surface area contributed by atoms with Crippen LogP contribution in [0.5, 0.6) is 17.2 Å². The lowest BCUT2D eigenvalue weighted by Gasteiger charge is -2.18. The molecule has 2 atom stereocenters. The topological polar surface area (TPSA) is 164 Å². The molecule has 0 unspecified atom stereocenters. The van der Waals surface area contributed by atoms with Crippen molar-refractivity contribution in [1.29, 1.82) is 0 Å². The van der Waals surface area contributed by atoms with E-state index in [-0.39, 0.29) is 42.1 Å². The van der Waals surface area contributed by atoms with Gasteiger partial charge in [-0.3, -0.25) is 4.79 Å². The van der Waals surface area contributed by atoms with Gasteiger partial charge in [0.05, 0.1) is 6.10 Å². The van der Waals surface area contributed by atoms with Crippen LogP contribution in [0.3, 0.4) is 0 Å². The molecule has 31 heavy (non-hydrogen) atoms. The van der Waals surface area contributed by atoms with Gasteiger partial charge < -0.3 is 31.1 Å². The lowest BCUT2D eigenvalue weighted by atomic mass is 10.1. The summed E-state index contributed by atoms with van der Waals surface area (Å²) in [7, 11) is 0. The molecule has 1 aromatic heterocycles. The van der Waals surface area contributed by atoms with E-state index in [1.807, 2.05) is 19.1 Å². The molecule has 3 aromatic rings. The number of aliphatic hydroxyl groups is 1. The molecule has 2 aromatic carbocycles. The molecule has 0 saturated carbocycles. The van der Waals surface area contributed by atoms with Crippen molar-refractivity contribution >= 4 is 5.91 Å². The maximum absolute atomic E-state index is 11.2. The summed E-state index contributed by atoms with van der Waals surface area (Å²) in [4.78, 5) is 11.2. The lowest BCUT2D eigenvalue weighted by Crippen LogP contribution is -2.32. The number of amides is 1. The normalized spacial score (nSPS) is 13.0. The molecular weight excluding hydrogens is 404 g/mol. The number of phenols is 2. The monoisotopic (exact) mass is 428 g/mol. The summed E-state index contributed by atoms with van der Waals surface area (Å²) in [6, 6.07) is 11.5. The molecule has 10 nitrogen and oxygen atoms in total. The number of aromatic nitrogens is 2. The number of phenolic OH excluding ortho intramolecular Hbond substituents is 2. The van der Waals surface area contributed by atoms with Crippen molar-refractivity contribution in [1.82, 2.24) is 15.6 Å². The number of aromatic hydroxyl groups is 2. The molecule has 0 aliphatic heterocycles. The van der Waals surface area contributed by atoms with E-state index in [1.165, 1.54) is 18.2 Å². The molecule has 0 radical (unpaired) electrons. The van der Waals surface area contributed by atoms with Crippen molar-refractivity contribution in [3.63, 3.8) is 0 Å². The predicted octanol–water partition coefficient (Wildman–Crippen LogP) is 1.41. The summed E-state index contributed by atoms with van der Waals surface area (Å²) in [5, 5.41) is 39.6. The standard InChI is InChI=1S/C21H24N4O6/c1-12(23-10-19(28)14-7-15(26)9-16(27)8-14)6-13-2-4-17(5-3-13)30-11-18-20(21(22)29)25-31-24-18/h2-5,7-9,12,19,23,26-28H,6,10-11H2,1H3,(H2,22,29)/t12-,19+/m1/s1. The molecule has 6 N–H and O–H groups in total. The molecule has 3 rings (SSSR count). The zero-order chi connectivity index (χ0) is 22.4. The van der Waals surface area contributed by atoms with Gasteiger partial charge in [0, 0.05) is 18.7 Å². The Hall–Kier alpha value is -3.63. The number of nitrogens with zero attached hydrogens (tertiary/aromatic N) is 2. The second kappa shape index (κ2) is 9.92. The number of nitrogens with one attached hydrogen (secondary N) is 1. The average Bonchev–Trinajstić information content (AvgIpc) is 3.20. The highest BCUT2D eigenvalue weighted by Gasteiger charge is 2.16. The number of carbonyl (C=O) groups is 1. The van der Waals surface area contributed by atoms with Gasteiger partial charge in [-0.25, -0.2) is 4.63 Å². The summed E-state index contributed by atoms with van der Waals surface area (Å²) in [6.45, 7) is 2.25. The zero-order valence-electron chi connectivity index (χ0n) is 16.9. The smallest absolute Gasteiger partial charge is 0.273 e. The number of rotatable bonds is 10. The first-order valence-corrected chi connectivity index (χ1v) is 9.59. The van der Waals surface area contributed by atoms with Gasteiger partial charge in [-0.15, -0.1) is 0 Å². The Bertz CT molecular complexity index is 1000. The minimum Gasteiger partial charge on any atom is -0.508 e. The van der Waals surface area contributed by atoms with Crippen LogP contribution in [0.15, 0.2) is 47.1 Å². The van der Waals surface area contributed by atoms with Gasteiger partial charge in [0.1, 0.15) is 23.9 Å². The molecule has 1 heterocycles. The van der Waals surface area contributed by atoms with Crippen LogP contribution in [0, 0.1) is 0 Å². The van der Waals surface area contributed by atoms with Gasteiger partial charge in [-0.2, -0.15) is 0 Å². The van der Waals surface area contributed by atoms with E-state index in [0.717, 1.165) is 5.56 Å². The van der Waals surface area contributed by atoms with Crippen LogP contribution in [0.25, 0.3) is 0 Å². The number of hydrogen-bond donors (Lipinski definition) is 5. The van der Waals surface area contributed by atoms with Crippen LogP contribution in [0.1, 0.15) is 40.3 Å². The minimum absolute atomic E-state index is 0.00155. The third kappa shape index (κ3) is 6.17. The van der Waals surface area contributed by atoms with Crippen LogP contribution >= 0.6 is 0 Å². The van der Waals surface area contributed by atoms with E-state index in [2.05, 4.69) is 20.3 Å². The summed E-state index contributed by atoms with van der Waals surface area (Å²) < 4.78 is 10.1. The van der Waals surface area contributed by atoms with Gasteiger partial charge >= 0.3 is 0 Å². The largest absolute Gasteiger partial charge is 0.508 e. The van der Waals surface area contributed by atoms with Crippen LogP contribution in [-0.4, -0.2) is 44.1 Å². The molecule has 1 amide bonds. The Morgan fingerprint density at radius 1 is 1.16 bits per heavy atom. The Morgan fingerprint density at radius 3 is 2.48 bits per heavy atom. The quantitative estimate of drug-likeness (QED) is 0.321. The fourth-order valence-corrected chi connectivity index (χ4v) is 3.03. The van der Waals surface area contributed by atoms with Crippen molar-refractivity contribution in [2.75, 3.05) is 6.54 Å². The van der Waals surface area contributed by atoms with Crippen molar-refractivity contribution in [3.05, 3.63) is 65.0 Å². The maximum Gasteiger partial charge on any atom is 0.273 e. The van der Waals surface area contributed by atoms with E-state index in [4.69, 9.17) is 10.5 Å². The molecule has 0 aliphatic carbocycles. The number of hydrogen-bond acceptors (Lipinski definition) is 9. The summed E-state index contributed by atoms with van der Waals surface area (Å²) in [5.41, 5.74) is 6.84. The van der Waals surface area contributed by atoms with Crippen LogP contribution < -0.4 is 15.8 Å².